The summed E-state index contributed by atoms with van der Waals surface area (Å²) in [5.74, 6) is -4.48. The Balaban J connectivity index is 1.47. The van der Waals surface area contributed by atoms with Crippen LogP contribution >= 0.6 is 0 Å². The van der Waals surface area contributed by atoms with Gasteiger partial charge >= 0.3 is 0 Å². The molecule has 0 spiro atoms. The van der Waals surface area contributed by atoms with E-state index in [2.05, 4.69) is 25.7 Å². The minimum Gasteiger partial charge on any atom is -0.364 e. The number of aromatic nitrogens is 1. The van der Waals surface area contributed by atoms with E-state index in [1.54, 1.807) is 7.05 Å². The lowest BCUT2D eigenvalue weighted by Gasteiger charge is -2.36. The Morgan fingerprint density at radius 1 is 1.17 bits per heavy atom. The lowest BCUT2D eigenvalue weighted by atomic mass is 10.2. The van der Waals surface area contributed by atoms with E-state index in [1.807, 2.05) is 11.0 Å². The predicted molar refractivity (Wildman–Crippen MR) is 99.7 cm³/mol. The second-order valence-electron chi connectivity index (χ2n) is 6.43. The van der Waals surface area contributed by atoms with Gasteiger partial charge in [0.2, 0.25) is 5.91 Å². The van der Waals surface area contributed by atoms with Crippen LogP contribution in [0.15, 0.2) is 34.0 Å². The Morgan fingerprint density at radius 2 is 1.93 bits per heavy atom. The number of amides is 1. The molecule has 2 aromatic rings. The minimum atomic E-state index is -1.63. The van der Waals surface area contributed by atoms with Gasteiger partial charge in [0.25, 0.3) is 0 Å². The van der Waals surface area contributed by atoms with Gasteiger partial charge in [0, 0.05) is 45.8 Å². The van der Waals surface area contributed by atoms with E-state index >= 15 is 0 Å². The Kier molecular flexibility index (Phi) is 6.70. The first-order valence-corrected chi connectivity index (χ1v) is 8.98. The van der Waals surface area contributed by atoms with Crippen LogP contribution < -0.4 is 10.6 Å². The molecule has 2 heterocycles. The van der Waals surface area contributed by atoms with Crippen molar-refractivity contribution in [3.8, 4) is 0 Å². The molecular weight excluding hydrogens is 389 g/mol. The number of aliphatic imine (C=N–C) groups is 1. The van der Waals surface area contributed by atoms with E-state index in [0.29, 0.717) is 25.6 Å². The second kappa shape index (κ2) is 9.41. The highest BCUT2D eigenvalue weighted by molar-refractivity contribution is 5.95. The molecule has 0 atom stereocenters. The molecule has 0 unspecified atom stereocenters. The summed E-state index contributed by atoms with van der Waals surface area (Å²) < 4.78 is 44.7. The van der Waals surface area contributed by atoms with Gasteiger partial charge in [-0.3, -0.25) is 14.7 Å². The van der Waals surface area contributed by atoms with Crippen LogP contribution in [0.3, 0.4) is 0 Å². The molecule has 8 nitrogen and oxygen atoms in total. The first kappa shape index (κ1) is 20.6. The highest BCUT2D eigenvalue weighted by atomic mass is 19.2. The molecule has 1 aromatic heterocycles. The summed E-state index contributed by atoms with van der Waals surface area (Å²) in [5, 5.41) is 9.00. The number of benzene rings is 1. The SMILES string of the molecule is CN=C(NCC(=O)Nc1ccc(F)c(F)c1F)N1CCN(Cc2ccon2)CC1. The molecule has 3 rings (SSSR count). The summed E-state index contributed by atoms with van der Waals surface area (Å²) in [4.78, 5) is 20.4. The number of piperazine rings is 1. The maximum Gasteiger partial charge on any atom is 0.243 e. The molecule has 11 heteroatoms. The van der Waals surface area contributed by atoms with E-state index in [0.717, 1.165) is 30.9 Å². The first-order chi connectivity index (χ1) is 14.0. The van der Waals surface area contributed by atoms with Gasteiger partial charge in [0.1, 0.15) is 6.26 Å². The molecule has 2 N–H and O–H groups in total. The number of carbonyl (C=O) groups is 1. The number of nitrogens with one attached hydrogen (secondary N) is 2. The molecule has 1 aliphatic rings. The van der Waals surface area contributed by atoms with E-state index in [4.69, 9.17) is 4.52 Å². The summed E-state index contributed by atoms with van der Waals surface area (Å²) in [6.45, 7) is 3.43. The maximum absolute atomic E-state index is 13.7. The van der Waals surface area contributed by atoms with Crippen LogP contribution in [-0.4, -0.2) is 66.6 Å². The van der Waals surface area contributed by atoms with Crippen molar-refractivity contribution in [3.05, 3.63) is 47.6 Å². The highest BCUT2D eigenvalue weighted by Gasteiger charge is 2.21. The minimum absolute atomic E-state index is 0.204. The number of hydrogen-bond acceptors (Lipinski definition) is 5. The molecule has 0 aliphatic carbocycles. The van der Waals surface area contributed by atoms with Gasteiger partial charge in [-0.05, 0) is 12.1 Å². The van der Waals surface area contributed by atoms with Gasteiger partial charge in [0.15, 0.2) is 23.4 Å². The molecule has 156 valence electrons. The van der Waals surface area contributed by atoms with Gasteiger partial charge < -0.3 is 20.1 Å². The molecule has 1 amide bonds. The fourth-order valence-electron chi connectivity index (χ4n) is 2.97. The average molecular weight is 410 g/mol. The molecule has 1 saturated heterocycles. The molecule has 0 radical (unpaired) electrons. The van der Waals surface area contributed by atoms with Gasteiger partial charge in [-0.15, -0.1) is 0 Å². The molecule has 0 bridgehead atoms. The molecule has 1 aromatic carbocycles. The van der Waals surface area contributed by atoms with Gasteiger partial charge in [0.05, 0.1) is 17.9 Å². The van der Waals surface area contributed by atoms with Crippen molar-refractivity contribution < 1.29 is 22.5 Å². The zero-order valence-corrected chi connectivity index (χ0v) is 15.8. The van der Waals surface area contributed by atoms with Crippen LogP contribution in [0.2, 0.25) is 0 Å². The van der Waals surface area contributed by atoms with Gasteiger partial charge in [-0.2, -0.15) is 0 Å². The van der Waals surface area contributed by atoms with Crippen molar-refractivity contribution >= 4 is 17.6 Å². The van der Waals surface area contributed by atoms with Crippen molar-refractivity contribution in [1.29, 1.82) is 0 Å². The average Bonchev–Trinajstić information content (AvgIpc) is 3.23. The van der Waals surface area contributed by atoms with Crippen LogP contribution in [0.5, 0.6) is 0 Å². The van der Waals surface area contributed by atoms with E-state index in [9.17, 15) is 18.0 Å². The summed E-state index contributed by atoms with van der Waals surface area (Å²) in [6.07, 6.45) is 1.54. The zero-order valence-electron chi connectivity index (χ0n) is 15.8. The lowest BCUT2D eigenvalue weighted by molar-refractivity contribution is -0.115. The summed E-state index contributed by atoms with van der Waals surface area (Å²) in [7, 11) is 1.59. The standard InChI is InChI=1S/C18H21F3N6O2/c1-22-18(27-7-5-26(6-8-27)11-12-4-9-29-25-12)23-10-15(28)24-14-3-2-13(19)16(20)17(14)21/h2-4,9H,5-8,10-11H2,1H3,(H,22,23)(H,24,28). The second-order valence-corrected chi connectivity index (χ2v) is 6.43. The van der Waals surface area contributed by atoms with Crippen LogP contribution in [0.4, 0.5) is 18.9 Å². The van der Waals surface area contributed by atoms with Gasteiger partial charge in [-0.1, -0.05) is 5.16 Å². The molecule has 1 fully saturated rings. The van der Waals surface area contributed by atoms with Crippen LogP contribution in [0.1, 0.15) is 5.69 Å². The third-order valence-corrected chi connectivity index (χ3v) is 4.48. The zero-order chi connectivity index (χ0) is 20.8. The van der Waals surface area contributed by atoms with Crippen molar-refractivity contribution in [2.75, 3.05) is 45.1 Å². The summed E-state index contributed by atoms with van der Waals surface area (Å²) >= 11 is 0. The largest absolute Gasteiger partial charge is 0.364 e. The fraction of sp³-hybridized carbons (Fsp3) is 0.389. The lowest BCUT2D eigenvalue weighted by Crippen LogP contribution is -2.53. The van der Waals surface area contributed by atoms with Crippen molar-refractivity contribution in [2.24, 2.45) is 4.99 Å². The molecule has 1 aliphatic heterocycles. The highest BCUT2D eigenvalue weighted by Crippen LogP contribution is 2.19. The first-order valence-electron chi connectivity index (χ1n) is 8.98. The number of anilines is 1. The number of guanidine groups is 1. The van der Waals surface area contributed by atoms with Crippen molar-refractivity contribution in [1.82, 2.24) is 20.3 Å². The molecule has 0 saturated carbocycles. The quantitative estimate of drug-likeness (QED) is 0.441. The smallest absolute Gasteiger partial charge is 0.243 e. The van der Waals surface area contributed by atoms with E-state index in [-0.39, 0.29) is 6.54 Å². The number of halogens is 3. The van der Waals surface area contributed by atoms with Crippen LogP contribution in [0, 0.1) is 17.5 Å². The maximum atomic E-state index is 13.7. The fourth-order valence-corrected chi connectivity index (χ4v) is 2.97. The Hall–Kier alpha value is -3.08. The van der Waals surface area contributed by atoms with E-state index < -0.39 is 29.0 Å². The molecule has 29 heavy (non-hydrogen) atoms. The Labute approximate surface area is 165 Å². The normalized spacial score (nSPS) is 15.4. The van der Waals surface area contributed by atoms with Crippen LogP contribution in [0.25, 0.3) is 0 Å². The number of rotatable bonds is 5. The van der Waals surface area contributed by atoms with E-state index in [1.165, 1.54) is 6.26 Å². The number of carbonyl (C=O) groups excluding carboxylic acids is 1. The molecular formula is C18H21F3N6O2. The third-order valence-electron chi connectivity index (χ3n) is 4.48. The summed E-state index contributed by atoms with van der Waals surface area (Å²) in [5.41, 5.74) is 0.439. The van der Waals surface area contributed by atoms with Crippen molar-refractivity contribution in [3.63, 3.8) is 0 Å². The Bertz CT molecular complexity index is 867. The number of nitrogens with zero attached hydrogens (tertiary/aromatic N) is 4. The number of hydrogen-bond donors (Lipinski definition) is 2. The van der Waals surface area contributed by atoms with Crippen LogP contribution in [-0.2, 0) is 11.3 Å². The topological polar surface area (TPSA) is 86.0 Å². The monoisotopic (exact) mass is 410 g/mol. The Morgan fingerprint density at radius 3 is 2.59 bits per heavy atom. The third kappa shape index (κ3) is 5.25. The van der Waals surface area contributed by atoms with Gasteiger partial charge in [-0.25, -0.2) is 13.2 Å². The van der Waals surface area contributed by atoms with Crippen molar-refractivity contribution in [2.45, 2.75) is 6.54 Å². The summed E-state index contributed by atoms with van der Waals surface area (Å²) in [6, 6.07) is 3.54. The predicted octanol–water partition coefficient (Wildman–Crippen LogP) is 1.42.